The maximum atomic E-state index is 6.32. The van der Waals surface area contributed by atoms with Gasteiger partial charge in [0.05, 0.1) is 12.0 Å². The lowest BCUT2D eigenvalue weighted by Gasteiger charge is -2.02. The standard InChI is InChI=1S/C16H10ClN3O/c17-15-9-12(11-5-2-1-3-6-11)18-16-10-13(19-20(15)16)14-7-4-8-21-14/h1-10H. The molecule has 0 aliphatic heterocycles. The molecule has 0 spiro atoms. The Hall–Kier alpha value is -2.59. The number of hydrogen-bond donors (Lipinski definition) is 0. The normalized spacial score (nSPS) is 11.1. The number of aromatic nitrogens is 3. The summed E-state index contributed by atoms with van der Waals surface area (Å²) in [4.78, 5) is 4.61. The molecule has 0 amide bonds. The van der Waals surface area contributed by atoms with Gasteiger partial charge < -0.3 is 4.42 Å². The van der Waals surface area contributed by atoms with Crippen molar-refractivity contribution in [3.05, 3.63) is 66.0 Å². The average Bonchev–Trinajstić information content (AvgIpc) is 3.17. The Bertz CT molecular complexity index is 898. The summed E-state index contributed by atoms with van der Waals surface area (Å²) in [5.74, 6) is 0.692. The molecule has 1 aromatic carbocycles. The molecule has 4 aromatic rings. The van der Waals surface area contributed by atoms with E-state index in [-0.39, 0.29) is 0 Å². The lowest BCUT2D eigenvalue weighted by Crippen LogP contribution is -1.94. The highest BCUT2D eigenvalue weighted by atomic mass is 35.5. The fraction of sp³-hybridized carbons (Fsp3) is 0. The van der Waals surface area contributed by atoms with Crippen LogP contribution in [0.5, 0.6) is 0 Å². The molecule has 0 bridgehead atoms. The summed E-state index contributed by atoms with van der Waals surface area (Å²) in [6.45, 7) is 0. The minimum atomic E-state index is 0.511. The third-order valence-electron chi connectivity index (χ3n) is 3.23. The number of furan rings is 1. The van der Waals surface area contributed by atoms with E-state index in [4.69, 9.17) is 16.0 Å². The van der Waals surface area contributed by atoms with Gasteiger partial charge in [-0.1, -0.05) is 41.9 Å². The molecule has 0 aliphatic carbocycles. The van der Waals surface area contributed by atoms with Crippen molar-refractivity contribution in [2.75, 3.05) is 0 Å². The number of fused-ring (bicyclic) bond motifs is 1. The van der Waals surface area contributed by atoms with Gasteiger partial charge in [-0.05, 0) is 12.1 Å². The van der Waals surface area contributed by atoms with Crippen molar-refractivity contribution in [1.82, 2.24) is 14.6 Å². The molecule has 5 heteroatoms. The number of nitrogens with zero attached hydrogens (tertiary/aromatic N) is 3. The van der Waals surface area contributed by atoms with Crippen LogP contribution >= 0.6 is 11.6 Å². The molecule has 0 N–H and O–H groups in total. The smallest absolute Gasteiger partial charge is 0.158 e. The fourth-order valence-electron chi connectivity index (χ4n) is 2.24. The van der Waals surface area contributed by atoms with Crippen LogP contribution in [0.2, 0.25) is 5.15 Å². The van der Waals surface area contributed by atoms with Gasteiger partial charge in [0.15, 0.2) is 11.4 Å². The van der Waals surface area contributed by atoms with Gasteiger partial charge in [0, 0.05) is 17.7 Å². The molecule has 0 fully saturated rings. The predicted octanol–water partition coefficient (Wildman–Crippen LogP) is 4.31. The largest absolute Gasteiger partial charge is 0.463 e. The number of hydrogen-bond acceptors (Lipinski definition) is 3. The van der Waals surface area contributed by atoms with Crippen molar-refractivity contribution in [2.45, 2.75) is 0 Å². The van der Waals surface area contributed by atoms with Crippen molar-refractivity contribution in [3.8, 4) is 22.7 Å². The summed E-state index contributed by atoms with van der Waals surface area (Å²) in [7, 11) is 0. The molecule has 4 rings (SSSR count). The molecule has 0 unspecified atom stereocenters. The Morgan fingerprint density at radius 1 is 0.952 bits per heavy atom. The van der Waals surface area contributed by atoms with E-state index in [1.54, 1.807) is 10.8 Å². The Balaban J connectivity index is 1.90. The van der Waals surface area contributed by atoms with Crippen LogP contribution in [0.4, 0.5) is 0 Å². The lowest BCUT2D eigenvalue weighted by atomic mass is 10.1. The number of rotatable bonds is 2. The van der Waals surface area contributed by atoms with Crippen LogP contribution in [0.15, 0.2) is 65.3 Å². The second-order valence-corrected chi connectivity index (χ2v) is 4.99. The summed E-state index contributed by atoms with van der Waals surface area (Å²) in [5, 5.41) is 4.93. The first kappa shape index (κ1) is 12.2. The molecular formula is C16H10ClN3O. The van der Waals surface area contributed by atoms with Gasteiger partial charge in [-0.25, -0.2) is 9.50 Å². The summed E-state index contributed by atoms with van der Waals surface area (Å²) >= 11 is 6.32. The SMILES string of the molecule is Clc1cc(-c2ccccc2)nc2cc(-c3ccco3)nn12. The summed E-state index contributed by atoms with van der Waals surface area (Å²) in [5.41, 5.74) is 3.23. The summed E-state index contributed by atoms with van der Waals surface area (Å²) in [6.07, 6.45) is 1.61. The van der Waals surface area contributed by atoms with E-state index < -0.39 is 0 Å². The molecule has 102 valence electrons. The molecule has 0 aliphatic rings. The molecule has 4 nitrogen and oxygen atoms in total. The van der Waals surface area contributed by atoms with Crippen LogP contribution in [-0.2, 0) is 0 Å². The zero-order valence-electron chi connectivity index (χ0n) is 10.9. The lowest BCUT2D eigenvalue weighted by molar-refractivity contribution is 0.579. The van der Waals surface area contributed by atoms with Crippen LogP contribution in [-0.4, -0.2) is 14.6 Å². The number of halogens is 1. The van der Waals surface area contributed by atoms with E-state index in [0.717, 1.165) is 11.3 Å². The van der Waals surface area contributed by atoms with E-state index in [1.807, 2.05) is 54.6 Å². The molecule has 3 aromatic heterocycles. The van der Waals surface area contributed by atoms with Crippen LogP contribution in [0.1, 0.15) is 0 Å². The Morgan fingerprint density at radius 2 is 1.81 bits per heavy atom. The third kappa shape index (κ3) is 2.10. The maximum Gasteiger partial charge on any atom is 0.158 e. The maximum absolute atomic E-state index is 6.32. The Labute approximate surface area is 125 Å². The Kier molecular flexibility index (Phi) is 2.75. The minimum absolute atomic E-state index is 0.511. The van der Waals surface area contributed by atoms with Gasteiger partial charge in [0.25, 0.3) is 0 Å². The molecule has 0 radical (unpaired) electrons. The number of benzene rings is 1. The quantitative estimate of drug-likeness (QED) is 0.518. The first-order valence-electron chi connectivity index (χ1n) is 6.47. The summed E-state index contributed by atoms with van der Waals surface area (Å²) < 4.78 is 6.96. The molecule has 0 saturated heterocycles. The molecule has 0 atom stereocenters. The van der Waals surface area contributed by atoms with Crippen LogP contribution in [0.25, 0.3) is 28.4 Å². The highest BCUT2D eigenvalue weighted by molar-refractivity contribution is 6.30. The third-order valence-corrected chi connectivity index (χ3v) is 3.50. The minimum Gasteiger partial charge on any atom is -0.463 e. The van der Waals surface area contributed by atoms with Gasteiger partial charge in [-0.2, -0.15) is 5.10 Å². The van der Waals surface area contributed by atoms with Crippen LogP contribution in [0.3, 0.4) is 0 Å². The predicted molar refractivity (Wildman–Crippen MR) is 81.1 cm³/mol. The zero-order chi connectivity index (χ0) is 14.2. The molecule has 21 heavy (non-hydrogen) atoms. The van der Waals surface area contributed by atoms with E-state index in [9.17, 15) is 0 Å². The fourth-order valence-corrected chi connectivity index (χ4v) is 2.47. The van der Waals surface area contributed by atoms with Crippen molar-refractivity contribution in [3.63, 3.8) is 0 Å². The highest BCUT2D eigenvalue weighted by Crippen LogP contribution is 2.25. The van der Waals surface area contributed by atoms with Crippen molar-refractivity contribution >= 4 is 17.2 Å². The van der Waals surface area contributed by atoms with Crippen LogP contribution < -0.4 is 0 Å². The second kappa shape index (κ2) is 4.75. The van der Waals surface area contributed by atoms with E-state index in [0.29, 0.717) is 22.3 Å². The van der Waals surface area contributed by atoms with Gasteiger partial charge in [-0.3, -0.25) is 0 Å². The topological polar surface area (TPSA) is 43.3 Å². The van der Waals surface area contributed by atoms with Gasteiger partial charge in [0.1, 0.15) is 10.8 Å². The average molecular weight is 296 g/mol. The van der Waals surface area contributed by atoms with Gasteiger partial charge in [-0.15, -0.1) is 0 Å². The first-order valence-corrected chi connectivity index (χ1v) is 6.85. The van der Waals surface area contributed by atoms with Crippen LogP contribution in [0, 0.1) is 0 Å². The highest BCUT2D eigenvalue weighted by Gasteiger charge is 2.12. The van der Waals surface area contributed by atoms with E-state index in [2.05, 4.69) is 10.1 Å². The van der Waals surface area contributed by atoms with Crippen molar-refractivity contribution in [2.24, 2.45) is 0 Å². The molecular weight excluding hydrogens is 286 g/mol. The Morgan fingerprint density at radius 3 is 2.57 bits per heavy atom. The van der Waals surface area contributed by atoms with E-state index >= 15 is 0 Å². The van der Waals surface area contributed by atoms with Crippen molar-refractivity contribution < 1.29 is 4.42 Å². The van der Waals surface area contributed by atoms with Crippen molar-refractivity contribution in [1.29, 1.82) is 0 Å². The molecule has 0 saturated carbocycles. The first-order chi connectivity index (χ1) is 10.3. The van der Waals surface area contributed by atoms with Gasteiger partial charge >= 0.3 is 0 Å². The zero-order valence-corrected chi connectivity index (χ0v) is 11.7. The summed E-state index contributed by atoms with van der Waals surface area (Å²) in [6, 6.07) is 17.3. The monoisotopic (exact) mass is 295 g/mol. The van der Waals surface area contributed by atoms with E-state index in [1.165, 1.54) is 0 Å². The molecule has 3 heterocycles. The second-order valence-electron chi connectivity index (χ2n) is 4.61. The van der Waals surface area contributed by atoms with Gasteiger partial charge in [0.2, 0.25) is 0 Å².